The van der Waals surface area contributed by atoms with Crippen LogP contribution in [0.4, 0.5) is 5.69 Å². The van der Waals surface area contributed by atoms with Gasteiger partial charge in [0.05, 0.1) is 17.5 Å². The lowest BCUT2D eigenvalue weighted by molar-refractivity contribution is 0.102. The van der Waals surface area contributed by atoms with Crippen molar-refractivity contribution in [2.45, 2.75) is 6.92 Å². The van der Waals surface area contributed by atoms with Crippen LogP contribution in [0.1, 0.15) is 16.1 Å². The molecule has 6 heteroatoms. The highest BCUT2D eigenvalue weighted by Gasteiger charge is 2.13. The van der Waals surface area contributed by atoms with E-state index < -0.39 is 0 Å². The van der Waals surface area contributed by atoms with Crippen LogP contribution in [0.2, 0.25) is 5.02 Å². The molecule has 0 bridgehead atoms. The summed E-state index contributed by atoms with van der Waals surface area (Å²) in [7, 11) is 0. The van der Waals surface area contributed by atoms with Crippen LogP contribution in [0, 0.1) is 6.92 Å². The summed E-state index contributed by atoms with van der Waals surface area (Å²) < 4.78 is 1.63. The zero-order chi connectivity index (χ0) is 14.1. The molecule has 1 aromatic carbocycles. The monoisotopic (exact) mass is 286 g/mol. The Morgan fingerprint density at radius 1 is 1.35 bits per heavy atom. The van der Waals surface area contributed by atoms with Gasteiger partial charge in [0.2, 0.25) is 0 Å². The quantitative estimate of drug-likeness (QED) is 0.788. The van der Waals surface area contributed by atoms with Crippen molar-refractivity contribution in [2.75, 3.05) is 5.32 Å². The zero-order valence-corrected chi connectivity index (χ0v) is 11.4. The molecule has 100 valence electrons. The predicted molar refractivity (Wildman–Crippen MR) is 77.1 cm³/mol. The predicted octanol–water partition coefficient (Wildman–Crippen LogP) is 2.94. The summed E-state index contributed by atoms with van der Waals surface area (Å²) in [5, 5.41) is 7.50. The van der Waals surface area contributed by atoms with Gasteiger partial charge in [0.1, 0.15) is 0 Å². The van der Waals surface area contributed by atoms with E-state index in [1.54, 1.807) is 47.2 Å². The first-order valence-electron chi connectivity index (χ1n) is 6.01. The number of hydrogen-bond donors (Lipinski definition) is 1. The smallest absolute Gasteiger partial charge is 0.259 e. The summed E-state index contributed by atoms with van der Waals surface area (Å²) in [6.45, 7) is 1.83. The van der Waals surface area contributed by atoms with Gasteiger partial charge in [0, 0.05) is 23.0 Å². The molecule has 0 atom stereocenters. The minimum absolute atomic E-state index is 0.241. The molecule has 2 heterocycles. The largest absolute Gasteiger partial charge is 0.322 e. The van der Waals surface area contributed by atoms with Crippen molar-refractivity contribution in [2.24, 2.45) is 0 Å². The Hall–Kier alpha value is -2.40. The molecular weight excluding hydrogens is 276 g/mol. The number of carbonyl (C=O) groups is 1. The third-order valence-electron chi connectivity index (χ3n) is 2.98. The first-order valence-corrected chi connectivity index (χ1v) is 6.39. The number of nitrogens with zero attached hydrogens (tertiary/aromatic N) is 3. The number of nitrogens with one attached hydrogen (secondary N) is 1. The van der Waals surface area contributed by atoms with E-state index in [0.717, 1.165) is 5.69 Å². The van der Waals surface area contributed by atoms with E-state index >= 15 is 0 Å². The second kappa shape index (κ2) is 4.94. The molecule has 3 aromatic rings. The molecule has 0 aliphatic heterocycles. The van der Waals surface area contributed by atoms with Gasteiger partial charge in [-0.2, -0.15) is 5.10 Å². The van der Waals surface area contributed by atoms with Gasteiger partial charge in [-0.1, -0.05) is 17.7 Å². The highest BCUT2D eigenvalue weighted by molar-refractivity contribution is 6.30. The van der Waals surface area contributed by atoms with Crippen molar-refractivity contribution in [3.63, 3.8) is 0 Å². The third kappa shape index (κ3) is 2.23. The molecule has 0 fully saturated rings. The Labute approximate surface area is 120 Å². The Bertz CT molecular complexity index is 797. The lowest BCUT2D eigenvalue weighted by Gasteiger charge is -2.08. The van der Waals surface area contributed by atoms with Crippen LogP contribution in [-0.2, 0) is 0 Å². The Morgan fingerprint density at radius 3 is 3.00 bits per heavy atom. The fourth-order valence-electron chi connectivity index (χ4n) is 1.98. The van der Waals surface area contributed by atoms with Crippen molar-refractivity contribution in [3.8, 4) is 0 Å². The minimum atomic E-state index is -0.241. The van der Waals surface area contributed by atoms with E-state index in [4.69, 9.17) is 11.6 Å². The number of benzene rings is 1. The number of amides is 1. The van der Waals surface area contributed by atoms with Crippen molar-refractivity contribution in [1.29, 1.82) is 0 Å². The lowest BCUT2D eigenvalue weighted by Crippen LogP contribution is -2.16. The van der Waals surface area contributed by atoms with Gasteiger partial charge in [-0.15, -0.1) is 0 Å². The van der Waals surface area contributed by atoms with Crippen molar-refractivity contribution >= 4 is 28.8 Å². The molecule has 0 aliphatic carbocycles. The van der Waals surface area contributed by atoms with E-state index in [1.807, 2.05) is 6.92 Å². The van der Waals surface area contributed by atoms with Gasteiger partial charge >= 0.3 is 0 Å². The molecule has 0 aliphatic rings. The second-order valence-corrected chi connectivity index (χ2v) is 4.76. The summed E-state index contributed by atoms with van der Waals surface area (Å²) in [6, 6.07) is 8.78. The maximum atomic E-state index is 12.3. The molecule has 20 heavy (non-hydrogen) atoms. The number of rotatable bonds is 2. The van der Waals surface area contributed by atoms with Crippen LogP contribution < -0.4 is 5.32 Å². The number of fused-ring (bicyclic) bond motifs is 1. The fraction of sp³-hybridized carbons (Fsp3) is 0.0714. The van der Waals surface area contributed by atoms with Gasteiger partial charge in [0.15, 0.2) is 5.65 Å². The second-order valence-electron chi connectivity index (χ2n) is 4.32. The van der Waals surface area contributed by atoms with Crippen LogP contribution in [0.3, 0.4) is 0 Å². The summed E-state index contributed by atoms with van der Waals surface area (Å²) in [6.07, 6.45) is 3.19. The van der Waals surface area contributed by atoms with Gasteiger partial charge in [-0.25, -0.2) is 9.50 Å². The Balaban J connectivity index is 1.94. The summed E-state index contributed by atoms with van der Waals surface area (Å²) in [4.78, 5) is 16.5. The van der Waals surface area contributed by atoms with Crippen LogP contribution in [0.25, 0.3) is 5.65 Å². The molecule has 0 radical (unpaired) electrons. The van der Waals surface area contributed by atoms with Crippen LogP contribution in [0.15, 0.2) is 42.7 Å². The standard InChI is InChI=1S/C14H11ClN4O/c1-9-12(8-16-13-5-6-17-19(9)13)14(20)18-11-4-2-3-10(15)7-11/h2-8H,1H3,(H,18,20). The summed E-state index contributed by atoms with van der Waals surface area (Å²) >= 11 is 5.89. The van der Waals surface area contributed by atoms with E-state index in [9.17, 15) is 4.79 Å². The zero-order valence-electron chi connectivity index (χ0n) is 10.7. The molecule has 0 saturated carbocycles. The SMILES string of the molecule is Cc1c(C(=O)Nc2cccc(Cl)c2)cnc2ccnn12. The summed E-state index contributed by atoms with van der Waals surface area (Å²) in [5.41, 5.74) is 2.56. The third-order valence-corrected chi connectivity index (χ3v) is 3.22. The number of aromatic nitrogens is 3. The maximum Gasteiger partial charge on any atom is 0.259 e. The van der Waals surface area contributed by atoms with E-state index in [2.05, 4.69) is 15.4 Å². The van der Waals surface area contributed by atoms with E-state index in [1.165, 1.54) is 0 Å². The number of anilines is 1. The van der Waals surface area contributed by atoms with Crippen LogP contribution in [0.5, 0.6) is 0 Å². The highest BCUT2D eigenvalue weighted by atomic mass is 35.5. The average molecular weight is 287 g/mol. The number of hydrogen-bond acceptors (Lipinski definition) is 3. The molecule has 1 amide bonds. The molecular formula is C14H11ClN4O. The molecule has 5 nitrogen and oxygen atoms in total. The normalized spacial score (nSPS) is 10.7. The molecule has 0 unspecified atom stereocenters. The van der Waals surface area contributed by atoms with Gasteiger partial charge in [0.25, 0.3) is 5.91 Å². The van der Waals surface area contributed by atoms with Crippen molar-refractivity contribution < 1.29 is 4.79 Å². The van der Waals surface area contributed by atoms with Gasteiger partial charge in [-0.05, 0) is 25.1 Å². The molecule has 0 saturated heterocycles. The average Bonchev–Trinajstić information content (AvgIpc) is 2.88. The van der Waals surface area contributed by atoms with E-state index in [-0.39, 0.29) is 5.91 Å². The van der Waals surface area contributed by atoms with Gasteiger partial charge < -0.3 is 5.32 Å². The Kier molecular flexibility index (Phi) is 3.12. The molecule has 3 rings (SSSR count). The molecule has 1 N–H and O–H groups in total. The lowest BCUT2D eigenvalue weighted by atomic mass is 10.2. The van der Waals surface area contributed by atoms with Crippen LogP contribution >= 0.6 is 11.6 Å². The van der Waals surface area contributed by atoms with Gasteiger partial charge in [-0.3, -0.25) is 4.79 Å². The first-order chi connectivity index (χ1) is 9.65. The molecule has 0 spiro atoms. The fourth-order valence-corrected chi connectivity index (χ4v) is 2.17. The molecule has 2 aromatic heterocycles. The topological polar surface area (TPSA) is 59.3 Å². The van der Waals surface area contributed by atoms with Crippen LogP contribution in [-0.4, -0.2) is 20.5 Å². The number of aryl methyl sites for hydroxylation is 1. The summed E-state index contributed by atoms with van der Waals surface area (Å²) in [5.74, 6) is -0.241. The van der Waals surface area contributed by atoms with E-state index in [0.29, 0.717) is 21.9 Å². The first kappa shape index (κ1) is 12.6. The number of halogens is 1. The van der Waals surface area contributed by atoms with Crippen molar-refractivity contribution in [1.82, 2.24) is 14.6 Å². The minimum Gasteiger partial charge on any atom is -0.322 e. The van der Waals surface area contributed by atoms with Crippen molar-refractivity contribution in [3.05, 3.63) is 59.0 Å². The Morgan fingerprint density at radius 2 is 2.20 bits per heavy atom. The maximum absolute atomic E-state index is 12.3. The number of carbonyl (C=O) groups excluding carboxylic acids is 1. The highest BCUT2D eigenvalue weighted by Crippen LogP contribution is 2.17.